The van der Waals surface area contributed by atoms with Crippen LogP contribution in [-0.4, -0.2) is 31.1 Å². The van der Waals surface area contributed by atoms with Gasteiger partial charge in [-0.1, -0.05) is 6.07 Å². The molecule has 0 bridgehead atoms. The van der Waals surface area contributed by atoms with Crippen LogP contribution >= 0.6 is 0 Å². The number of nitrogens with zero attached hydrogens (tertiary/aromatic N) is 2. The largest absolute Gasteiger partial charge is 0.493 e. The average molecular weight is 364 g/mol. The quantitative estimate of drug-likeness (QED) is 0.600. The number of amides is 1. The molecule has 9 heteroatoms. The molecule has 0 fully saturated rings. The number of rotatable bonds is 5. The van der Waals surface area contributed by atoms with Crippen LogP contribution in [0.1, 0.15) is 15.9 Å². The molecule has 0 aromatic heterocycles. The van der Waals surface area contributed by atoms with E-state index in [1.165, 1.54) is 42.3 Å². The van der Waals surface area contributed by atoms with Gasteiger partial charge in [0.1, 0.15) is 0 Å². The Hall–Kier alpha value is -3.23. The molecule has 1 amide bonds. The van der Waals surface area contributed by atoms with E-state index < -0.39 is 17.4 Å². The van der Waals surface area contributed by atoms with Gasteiger partial charge in [-0.25, -0.2) is 0 Å². The Morgan fingerprint density at radius 3 is 2.65 bits per heavy atom. The van der Waals surface area contributed by atoms with Crippen molar-refractivity contribution in [2.24, 2.45) is 0 Å². The molecule has 0 atom stereocenters. The zero-order valence-electron chi connectivity index (χ0n) is 13.6. The highest BCUT2D eigenvalue weighted by molar-refractivity contribution is 6.07. The molecule has 0 aliphatic carbocycles. The Morgan fingerprint density at radius 2 is 2.00 bits per heavy atom. The van der Waals surface area contributed by atoms with E-state index in [4.69, 9.17) is 4.74 Å². The third-order valence-electron chi connectivity index (χ3n) is 4.05. The molecule has 3 rings (SSSR count). The number of fused-ring (bicyclic) bond motifs is 1. The number of methoxy groups -OCH3 is 1. The third-order valence-corrected chi connectivity index (χ3v) is 4.05. The summed E-state index contributed by atoms with van der Waals surface area (Å²) < 4.78 is 34.1. The normalized spacial score (nSPS) is 12.8. The van der Waals surface area contributed by atoms with Gasteiger partial charge in [-0.3, -0.25) is 14.9 Å². The first kappa shape index (κ1) is 17.6. The number of ether oxygens (including phenoxy) is 2. The van der Waals surface area contributed by atoms with Crippen molar-refractivity contribution in [2.75, 3.05) is 18.6 Å². The summed E-state index contributed by atoms with van der Waals surface area (Å²) in [5.41, 5.74) is 1.38. The number of anilines is 1. The molecule has 26 heavy (non-hydrogen) atoms. The van der Waals surface area contributed by atoms with Crippen LogP contribution in [0.4, 0.5) is 20.2 Å². The highest BCUT2D eigenvalue weighted by Gasteiger charge is 2.28. The summed E-state index contributed by atoms with van der Waals surface area (Å²) in [5.74, 6) is -0.600. The van der Waals surface area contributed by atoms with Gasteiger partial charge >= 0.3 is 6.61 Å². The molecule has 1 aliphatic heterocycles. The van der Waals surface area contributed by atoms with E-state index in [9.17, 15) is 23.7 Å². The lowest BCUT2D eigenvalue weighted by Crippen LogP contribution is -2.28. The van der Waals surface area contributed by atoms with Crippen molar-refractivity contribution in [1.29, 1.82) is 0 Å². The number of alkyl halides is 2. The van der Waals surface area contributed by atoms with E-state index in [-0.39, 0.29) is 22.7 Å². The number of carbonyl (C=O) groups excluding carboxylic acids is 1. The van der Waals surface area contributed by atoms with Crippen LogP contribution in [0.5, 0.6) is 11.5 Å². The summed E-state index contributed by atoms with van der Waals surface area (Å²) in [7, 11) is 1.27. The zero-order chi connectivity index (χ0) is 18.8. The molecule has 1 aliphatic rings. The summed E-state index contributed by atoms with van der Waals surface area (Å²) in [6.07, 6.45) is 0.572. The van der Waals surface area contributed by atoms with Crippen molar-refractivity contribution in [2.45, 2.75) is 13.0 Å². The molecular weight excluding hydrogens is 350 g/mol. The molecule has 2 aromatic rings. The standard InChI is InChI=1S/C17H14F2N2O5/c1-25-15-8-11(3-5-14(15)26-17(18)19)16(22)20-7-6-10-2-4-12(21(23)24)9-13(10)20/h2-5,8-9,17H,6-7H2,1H3. The second-order valence-electron chi connectivity index (χ2n) is 5.52. The van der Waals surface area contributed by atoms with Gasteiger partial charge in [-0.2, -0.15) is 8.78 Å². The monoisotopic (exact) mass is 364 g/mol. The van der Waals surface area contributed by atoms with Crippen LogP contribution in [0.15, 0.2) is 36.4 Å². The maximum Gasteiger partial charge on any atom is 0.387 e. The van der Waals surface area contributed by atoms with Crippen molar-refractivity contribution < 1.29 is 28.0 Å². The Labute approximate surface area is 146 Å². The highest BCUT2D eigenvalue weighted by Crippen LogP contribution is 2.34. The van der Waals surface area contributed by atoms with Gasteiger partial charge in [0, 0.05) is 24.2 Å². The summed E-state index contributed by atoms with van der Waals surface area (Å²) >= 11 is 0. The minimum atomic E-state index is -3.02. The molecule has 7 nitrogen and oxygen atoms in total. The van der Waals surface area contributed by atoms with Gasteiger partial charge in [0.15, 0.2) is 11.5 Å². The second-order valence-corrected chi connectivity index (χ2v) is 5.52. The first-order chi connectivity index (χ1) is 12.4. The predicted molar refractivity (Wildman–Crippen MR) is 88.1 cm³/mol. The van der Waals surface area contributed by atoms with Gasteiger partial charge in [0.25, 0.3) is 11.6 Å². The lowest BCUT2D eigenvalue weighted by Gasteiger charge is -2.18. The molecule has 1 heterocycles. The van der Waals surface area contributed by atoms with Crippen molar-refractivity contribution in [3.05, 3.63) is 57.6 Å². The number of hydrogen-bond donors (Lipinski definition) is 0. The Kier molecular flexibility index (Phi) is 4.70. The van der Waals surface area contributed by atoms with E-state index >= 15 is 0 Å². The zero-order valence-corrected chi connectivity index (χ0v) is 13.6. The summed E-state index contributed by atoms with van der Waals surface area (Å²) in [4.78, 5) is 24.7. The number of non-ortho nitro benzene ring substituents is 1. The van der Waals surface area contributed by atoms with Gasteiger partial charge in [0.2, 0.25) is 0 Å². The minimum absolute atomic E-state index is 0.00499. The molecule has 0 spiro atoms. The van der Waals surface area contributed by atoms with Gasteiger partial charge in [-0.05, 0) is 30.2 Å². The first-order valence-electron chi connectivity index (χ1n) is 7.62. The maximum absolute atomic E-state index is 12.8. The number of nitro groups is 1. The van der Waals surface area contributed by atoms with Crippen molar-refractivity contribution in [3.8, 4) is 11.5 Å². The lowest BCUT2D eigenvalue weighted by atomic mass is 10.1. The number of nitro benzene ring substituents is 1. The molecule has 2 aromatic carbocycles. The fraction of sp³-hybridized carbons (Fsp3) is 0.235. The fourth-order valence-corrected chi connectivity index (χ4v) is 2.84. The smallest absolute Gasteiger partial charge is 0.387 e. The van der Waals surface area contributed by atoms with E-state index in [0.29, 0.717) is 18.7 Å². The third kappa shape index (κ3) is 3.28. The second kappa shape index (κ2) is 6.95. The molecular formula is C17H14F2N2O5. The number of benzene rings is 2. The van der Waals surface area contributed by atoms with E-state index in [0.717, 1.165) is 5.56 Å². The van der Waals surface area contributed by atoms with E-state index in [2.05, 4.69) is 4.74 Å². The molecule has 0 radical (unpaired) electrons. The molecule has 0 unspecified atom stereocenters. The molecule has 0 saturated carbocycles. The highest BCUT2D eigenvalue weighted by atomic mass is 19.3. The van der Waals surface area contributed by atoms with Crippen molar-refractivity contribution in [1.82, 2.24) is 0 Å². The number of hydrogen-bond acceptors (Lipinski definition) is 5. The lowest BCUT2D eigenvalue weighted by molar-refractivity contribution is -0.384. The summed E-state index contributed by atoms with van der Waals surface area (Å²) in [6, 6.07) is 8.24. The average Bonchev–Trinajstić information content (AvgIpc) is 3.04. The Bertz CT molecular complexity index is 872. The molecule has 136 valence electrons. The summed E-state index contributed by atoms with van der Waals surface area (Å²) in [6.45, 7) is -2.65. The first-order valence-corrected chi connectivity index (χ1v) is 7.62. The van der Waals surface area contributed by atoms with Gasteiger partial charge < -0.3 is 14.4 Å². The van der Waals surface area contributed by atoms with Gasteiger partial charge in [0.05, 0.1) is 17.7 Å². The Balaban J connectivity index is 1.92. The molecule has 0 N–H and O–H groups in total. The maximum atomic E-state index is 12.8. The Morgan fingerprint density at radius 1 is 1.23 bits per heavy atom. The van der Waals surface area contributed by atoms with Crippen LogP contribution in [0, 0.1) is 10.1 Å². The van der Waals surface area contributed by atoms with Crippen LogP contribution < -0.4 is 14.4 Å². The van der Waals surface area contributed by atoms with Crippen LogP contribution in [0.2, 0.25) is 0 Å². The predicted octanol–water partition coefficient (Wildman–Crippen LogP) is 3.41. The van der Waals surface area contributed by atoms with Gasteiger partial charge in [-0.15, -0.1) is 0 Å². The van der Waals surface area contributed by atoms with Crippen molar-refractivity contribution >= 4 is 17.3 Å². The number of halogens is 2. The van der Waals surface area contributed by atoms with E-state index in [1.54, 1.807) is 6.07 Å². The van der Waals surface area contributed by atoms with Crippen LogP contribution in [-0.2, 0) is 6.42 Å². The molecule has 0 saturated heterocycles. The minimum Gasteiger partial charge on any atom is -0.493 e. The topological polar surface area (TPSA) is 81.9 Å². The van der Waals surface area contributed by atoms with Crippen LogP contribution in [0.3, 0.4) is 0 Å². The fourth-order valence-electron chi connectivity index (χ4n) is 2.84. The van der Waals surface area contributed by atoms with E-state index in [1.807, 2.05) is 0 Å². The SMILES string of the molecule is COc1cc(C(=O)N2CCc3ccc([N+](=O)[O-])cc32)ccc1OC(F)F. The van der Waals surface area contributed by atoms with Crippen LogP contribution in [0.25, 0.3) is 0 Å². The number of carbonyl (C=O) groups is 1. The summed E-state index contributed by atoms with van der Waals surface area (Å²) in [5, 5.41) is 11.0. The van der Waals surface area contributed by atoms with Crippen molar-refractivity contribution in [3.63, 3.8) is 0 Å².